The molecule has 0 unspecified atom stereocenters. The number of hydrogen-bond donors (Lipinski definition) is 1. The van der Waals surface area contributed by atoms with Crippen molar-refractivity contribution in [2.75, 3.05) is 17.7 Å². The van der Waals surface area contributed by atoms with E-state index in [1.54, 1.807) is 23.0 Å². The number of anilines is 1. The molecule has 0 radical (unpaired) electrons. The Morgan fingerprint density at radius 2 is 1.88 bits per heavy atom. The van der Waals surface area contributed by atoms with Crippen molar-refractivity contribution in [3.05, 3.63) is 83.9 Å². The second kappa shape index (κ2) is 10.6. The topological polar surface area (TPSA) is 97.0 Å². The van der Waals surface area contributed by atoms with Gasteiger partial charge in [-0.2, -0.15) is 10.4 Å². The predicted molar refractivity (Wildman–Crippen MR) is 129 cm³/mol. The highest BCUT2D eigenvalue weighted by Gasteiger charge is 2.21. The zero-order chi connectivity index (χ0) is 23.0. The summed E-state index contributed by atoms with van der Waals surface area (Å²) in [6, 6.07) is 22.4. The molecule has 164 valence electrons. The van der Waals surface area contributed by atoms with Crippen molar-refractivity contribution in [3.63, 3.8) is 0 Å². The number of thioether (sulfide) groups is 1. The third-order valence-corrected chi connectivity index (χ3v) is 6.31. The number of rotatable bonds is 8. The van der Waals surface area contributed by atoms with Crippen LogP contribution in [0, 0.1) is 11.3 Å². The summed E-state index contributed by atoms with van der Waals surface area (Å²) >= 11 is 2.78. The Labute approximate surface area is 198 Å². The molecule has 0 spiro atoms. The molecular weight excluding hydrogens is 456 g/mol. The molecule has 7 nitrogen and oxygen atoms in total. The molecule has 0 aliphatic rings. The Kier molecular flexibility index (Phi) is 7.19. The van der Waals surface area contributed by atoms with Gasteiger partial charge in [-0.05, 0) is 35.7 Å². The van der Waals surface area contributed by atoms with Crippen molar-refractivity contribution < 1.29 is 14.3 Å². The molecule has 0 saturated carbocycles. The first-order valence-corrected chi connectivity index (χ1v) is 11.8. The third kappa shape index (κ3) is 5.49. The van der Waals surface area contributed by atoms with Crippen LogP contribution in [0.1, 0.15) is 10.4 Å². The SMILES string of the molecule is N#CCSc1ccccc1NC(=O)COC(=O)c1cn(-c2ccccc2)nc1-c1cccs1. The van der Waals surface area contributed by atoms with Gasteiger partial charge >= 0.3 is 5.97 Å². The molecule has 2 aromatic carbocycles. The lowest BCUT2D eigenvalue weighted by Crippen LogP contribution is -2.21. The fraction of sp³-hybridized carbons (Fsp3) is 0.0833. The molecule has 4 aromatic rings. The van der Waals surface area contributed by atoms with Gasteiger partial charge in [0.15, 0.2) is 6.61 Å². The number of amides is 1. The largest absolute Gasteiger partial charge is 0.452 e. The van der Waals surface area contributed by atoms with Crippen LogP contribution in [0.3, 0.4) is 0 Å². The van der Waals surface area contributed by atoms with E-state index in [0.717, 1.165) is 15.5 Å². The molecule has 0 saturated heterocycles. The molecule has 0 aliphatic heterocycles. The summed E-state index contributed by atoms with van der Waals surface area (Å²) in [4.78, 5) is 26.9. The molecule has 2 aromatic heterocycles. The minimum Gasteiger partial charge on any atom is -0.452 e. The van der Waals surface area contributed by atoms with Crippen molar-refractivity contribution in [1.82, 2.24) is 9.78 Å². The summed E-state index contributed by atoms with van der Waals surface area (Å²) in [6.45, 7) is -0.448. The number of benzene rings is 2. The van der Waals surface area contributed by atoms with Gasteiger partial charge in [0.2, 0.25) is 0 Å². The van der Waals surface area contributed by atoms with Crippen LogP contribution in [-0.2, 0) is 9.53 Å². The number of nitriles is 1. The van der Waals surface area contributed by atoms with Crippen LogP contribution in [0.2, 0.25) is 0 Å². The highest BCUT2D eigenvalue weighted by molar-refractivity contribution is 7.99. The average molecular weight is 475 g/mol. The minimum atomic E-state index is -0.636. The number of nitrogens with zero attached hydrogens (tertiary/aromatic N) is 3. The van der Waals surface area contributed by atoms with Gasteiger partial charge in [-0.3, -0.25) is 4.79 Å². The van der Waals surface area contributed by atoms with Crippen LogP contribution in [0.25, 0.3) is 16.3 Å². The van der Waals surface area contributed by atoms with Crippen LogP contribution in [0.15, 0.2) is 83.2 Å². The summed E-state index contributed by atoms with van der Waals surface area (Å²) in [6.07, 6.45) is 1.61. The summed E-state index contributed by atoms with van der Waals surface area (Å²) in [7, 11) is 0. The van der Waals surface area contributed by atoms with Crippen LogP contribution >= 0.6 is 23.1 Å². The first-order chi connectivity index (χ1) is 16.2. The number of para-hydroxylation sites is 2. The molecular formula is C24H18N4O3S2. The van der Waals surface area contributed by atoms with Crippen LogP contribution < -0.4 is 5.32 Å². The normalized spacial score (nSPS) is 10.4. The third-order valence-electron chi connectivity index (χ3n) is 4.50. The summed E-state index contributed by atoms with van der Waals surface area (Å²) in [5, 5.41) is 18.0. The van der Waals surface area contributed by atoms with E-state index in [0.29, 0.717) is 11.4 Å². The van der Waals surface area contributed by atoms with Crippen molar-refractivity contribution in [2.24, 2.45) is 0 Å². The van der Waals surface area contributed by atoms with Gasteiger partial charge in [0, 0.05) is 11.1 Å². The van der Waals surface area contributed by atoms with E-state index in [4.69, 9.17) is 10.00 Å². The molecule has 9 heteroatoms. The lowest BCUT2D eigenvalue weighted by Gasteiger charge is -2.10. The standard InChI is InChI=1S/C24H18N4O3S2/c25-12-14-33-20-10-5-4-9-19(20)26-22(29)16-31-24(30)18-15-28(17-7-2-1-3-8-17)27-23(18)21-11-6-13-32-21/h1-11,13,15H,14,16H2,(H,26,29). The van der Waals surface area contributed by atoms with Gasteiger partial charge < -0.3 is 10.1 Å². The number of esters is 1. The van der Waals surface area contributed by atoms with E-state index in [1.165, 1.54) is 23.1 Å². The van der Waals surface area contributed by atoms with Gasteiger partial charge in [0.25, 0.3) is 5.91 Å². The Morgan fingerprint density at radius 1 is 1.09 bits per heavy atom. The van der Waals surface area contributed by atoms with Gasteiger partial charge in [0.05, 0.1) is 28.1 Å². The van der Waals surface area contributed by atoms with Gasteiger partial charge in [-0.15, -0.1) is 23.1 Å². The zero-order valence-corrected chi connectivity index (χ0v) is 18.9. The Hall–Kier alpha value is -3.87. The number of carbonyl (C=O) groups is 2. The first-order valence-electron chi connectivity index (χ1n) is 9.90. The fourth-order valence-electron chi connectivity index (χ4n) is 3.03. The van der Waals surface area contributed by atoms with E-state index < -0.39 is 18.5 Å². The second-order valence-electron chi connectivity index (χ2n) is 6.72. The monoisotopic (exact) mass is 474 g/mol. The first kappa shape index (κ1) is 22.3. The van der Waals surface area contributed by atoms with Crippen molar-refractivity contribution in [2.45, 2.75) is 4.90 Å². The zero-order valence-electron chi connectivity index (χ0n) is 17.3. The highest BCUT2D eigenvalue weighted by Crippen LogP contribution is 2.29. The highest BCUT2D eigenvalue weighted by atomic mass is 32.2. The van der Waals surface area contributed by atoms with E-state index in [-0.39, 0.29) is 11.3 Å². The molecule has 4 rings (SSSR count). The number of aromatic nitrogens is 2. The Balaban J connectivity index is 1.48. The maximum Gasteiger partial charge on any atom is 0.342 e. The second-order valence-corrected chi connectivity index (χ2v) is 8.68. The molecule has 1 N–H and O–H groups in total. The molecule has 2 heterocycles. The van der Waals surface area contributed by atoms with Crippen LogP contribution in [-0.4, -0.2) is 34.0 Å². The molecule has 33 heavy (non-hydrogen) atoms. The van der Waals surface area contributed by atoms with Gasteiger partial charge in [-0.1, -0.05) is 36.4 Å². The van der Waals surface area contributed by atoms with E-state index in [2.05, 4.69) is 16.5 Å². The molecule has 0 fully saturated rings. The summed E-state index contributed by atoms with van der Waals surface area (Å²) in [5.74, 6) is -0.844. The summed E-state index contributed by atoms with van der Waals surface area (Å²) in [5.41, 5.74) is 2.14. The quantitative estimate of drug-likeness (QED) is 0.285. The molecule has 0 atom stereocenters. The van der Waals surface area contributed by atoms with Crippen LogP contribution in [0.4, 0.5) is 5.69 Å². The van der Waals surface area contributed by atoms with Crippen LogP contribution in [0.5, 0.6) is 0 Å². The molecule has 0 bridgehead atoms. The lowest BCUT2D eigenvalue weighted by atomic mass is 10.2. The maximum atomic E-state index is 12.9. The number of carbonyl (C=O) groups excluding carboxylic acids is 2. The predicted octanol–water partition coefficient (Wildman–Crippen LogP) is 5.01. The van der Waals surface area contributed by atoms with E-state index in [1.807, 2.05) is 60.0 Å². The smallest absolute Gasteiger partial charge is 0.342 e. The number of nitrogens with one attached hydrogen (secondary N) is 1. The van der Waals surface area contributed by atoms with Crippen molar-refractivity contribution >= 4 is 40.7 Å². The van der Waals surface area contributed by atoms with Gasteiger partial charge in [0.1, 0.15) is 11.3 Å². The van der Waals surface area contributed by atoms with E-state index >= 15 is 0 Å². The summed E-state index contributed by atoms with van der Waals surface area (Å²) < 4.78 is 6.93. The maximum absolute atomic E-state index is 12.9. The number of thiophene rings is 1. The van der Waals surface area contributed by atoms with Gasteiger partial charge in [-0.25, -0.2) is 9.48 Å². The van der Waals surface area contributed by atoms with Crippen molar-refractivity contribution in [3.8, 4) is 22.3 Å². The fourth-order valence-corrected chi connectivity index (χ4v) is 4.43. The Morgan fingerprint density at radius 3 is 2.64 bits per heavy atom. The molecule has 0 aliphatic carbocycles. The molecule has 1 amide bonds. The average Bonchev–Trinajstić information content (AvgIpc) is 3.53. The Bertz CT molecular complexity index is 1300. The number of hydrogen-bond acceptors (Lipinski definition) is 7. The lowest BCUT2D eigenvalue weighted by molar-refractivity contribution is -0.119. The van der Waals surface area contributed by atoms with Crippen molar-refractivity contribution in [1.29, 1.82) is 5.26 Å². The minimum absolute atomic E-state index is 0.263. The van der Waals surface area contributed by atoms with E-state index in [9.17, 15) is 9.59 Å². The number of ether oxygens (including phenoxy) is 1.